The second-order valence-electron chi connectivity index (χ2n) is 6.16. The molecule has 1 heterocycles. The zero-order chi connectivity index (χ0) is 15.4. The Hall–Kier alpha value is -1.39. The van der Waals surface area contributed by atoms with Gasteiger partial charge in [0.1, 0.15) is 0 Å². The van der Waals surface area contributed by atoms with Gasteiger partial charge in [-0.2, -0.15) is 0 Å². The Labute approximate surface area is 127 Å². The van der Waals surface area contributed by atoms with Gasteiger partial charge in [0, 0.05) is 25.7 Å². The van der Waals surface area contributed by atoms with Gasteiger partial charge in [-0.1, -0.05) is 18.2 Å². The number of hydrogen-bond donors (Lipinski definition) is 2. The number of piperazine rings is 1. The van der Waals surface area contributed by atoms with Crippen molar-refractivity contribution in [2.45, 2.75) is 39.8 Å². The van der Waals surface area contributed by atoms with Crippen molar-refractivity contribution in [1.82, 2.24) is 15.5 Å². The number of nitrogens with one attached hydrogen (secondary N) is 2. The number of hydrogen-bond acceptors (Lipinski definition) is 3. The Kier molecular flexibility index (Phi) is 5.37. The molecule has 0 aromatic heterocycles. The van der Waals surface area contributed by atoms with Gasteiger partial charge in [-0.25, -0.2) is 0 Å². The van der Waals surface area contributed by atoms with Crippen LogP contribution in [0.2, 0.25) is 0 Å². The molecule has 4 nitrogen and oxygen atoms in total. The number of aryl methyl sites for hydroxylation is 2. The molecule has 0 spiro atoms. The summed E-state index contributed by atoms with van der Waals surface area (Å²) >= 11 is 0. The first-order valence-corrected chi connectivity index (χ1v) is 7.78. The van der Waals surface area contributed by atoms with Crippen molar-refractivity contribution in [2.24, 2.45) is 0 Å². The van der Waals surface area contributed by atoms with E-state index < -0.39 is 0 Å². The lowest BCUT2D eigenvalue weighted by Crippen LogP contribution is -2.52. The highest BCUT2D eigenvalue weighted by molar-refractivity contribution is 5.78. The Balaban J connectivity index is 1.90. The van der Waals surface area contributed by atoms with E-state index in [0.29, 0.717) is 12.6 Å². The zero-order valence-corrected chi connectivity index (χ0v) is 13.6. The van der Waals surface area contributed by atoms with Gasteiger partial charge in [-0.05, 0) is 44.4 Å². The summed E-state index contributed by atoms with van der Waals surface area (Å²) < 4.78 is 0. The second-order valence-corrected chi connectivity index (χ2v) is 6.16. The summed E-state index contributed by atoms with van der Waals surface area (Å²) in [6, 6.07) is 6.84. The predicted molar refractivity (Wildman–Crippen MR) is 86.4 cm³/mol. The van der Waals surface area contributed by atoms with Crippen LogP contribution in [-0.2, 0) is 4.79 Å². The molecule has 2 N–H and O–H groups in total. The lowest BCUT2D eigenvalue weighted by atomic mass is 10.0. The minimum atomic E-state index is 0.0509. The van der Waals surface area contributed by atoms with E-state index in [9.17, 15) is 4.79 Å². The first kappa shape index (κ1) is 16.0. The molecule has 1 aliphatic heterocycles. The van der Waals surface area contributed by atoms with Crippen LogP contribution in [0.25, 0.3) is 0 Å². The van der Waals surface area contributed by atoms with Crippen molar-refractivity contribution >= 4 is 5.91 Å². The molecule has 0 bridgehead atoms. The van der Waals surface area contributed by atoms with Crippen LogP contribution < -0.4 is 10.6 Å². The largest absolute Gasteiger partial charge is 0.348 e. The van der Waals surface area contributed by atoms with E-state index in [1.807, 2.05) is 6.92 Å². The van der Waals surface area contributed by atoms with Gasteiger partial charge in [0.2, 0.25) is 5.91 Å². The first-order valence-electron chi connectivity index (χ1n) is 7.78. The molecule has 2 rings (SSSR count). The van der Waals surface area contributed by atoms with Crippen molar-refractivity contribution in [3.63, 3.8) is 0 Å². The van der Waals surface area contributed by atoms with Crippen molar-refractivity contribution in [2.75, 3.05) is 26.2 Å². The molecule has 21 heavy (non-hydrogen) atoms. The van der Waals surface area contributed by atoms with E-state index in [4.69, 9.17) is 0 Å². The van der Waals surface area contributed by atoms with Crippen LogP contribution in [0.1, 0.15) is 36.6 Å². The van der Waals surface area contributed by atoms with E-state index in [-0.39, 0.29) is 11.9 Å². The van der Waals surface area contributed by atoms with Gasteiger partial charge in [0.05, 0.1) is 12.6 Å². The number of carbonyl (C=O) groups excluding carboxylic acids is 1. The number of rotatable bonds is 4. The van der Waals surface area contributed by atoms with Gasteiger partial charge >= 0.3 is 0 Å². The minimum Gasteiger partial charge on any atom is -0.348 e. The zero-order valence-electron chi connectivity index (χ0n) is 13.6. The highest BCUT2D eigenvalue weighted by Crippen LogP contribution is 2.16. The summed E-state index contributed by atoms with van der Waals surface area (Å²) in [5, 5.41) is 6.45. The highest BCUT2D eigenvalue weighted by Gasteiger charge is 2.21. The van der Waals surface area contributed by atoms with E-state index in [2.05, 4.69) is 54.5 Å². The van der Waals surface area contributed by atoms with Crippen LogP contribution >= 0.6 is 0 Å². The maximum atomic E-state index is 12.2. The van der Waals surface area contributed by atoms with Crippen molar-refractivity contribution < 1.29 is 4.79 Å². The fourth-order valence-corrected chi connectivity index (χ4v) is 2.71. The third kappa shape index (κ3) is 4.29. The summed E-state index contributed by atoms with van der Waals surface area (Å²) in [6.07, 6.45) is 0. The maximum absolute atomic E-state index is 12.2. The molecule has 2 atom stereocenters. The molecule has 0 aliphatic carbocycles. The summed E-state index contributed by atoms with van der Waals surface area (Å²) in [7, 11) is 0. The Morgan fingerprint density at radius 1 is 1.43 bits per heavy atom. The van der Waals surface area contributed by atoms with Gasteiger partial charge in [0.25, 0.3) is 0 Å². The molecule has 1 fully saturated rings. The molecule has 1 amide bonds. The Morgan fingerprint density at radius 3 is 2.86 bits per heavy atom. The smallest absolute Gasteiger partial charge is 0.234 e. The van der Waals surface area contributed by atoms with Gasteiger partial charge < -0.3 is 10.6 Å². The van der Waals surface area contributed by atoms with Gasteiger partial charge in [-0.3, -0.25) is 9.69 Å². The molecule has 1 aromatic carbocycles. The Bertz CT molecular complexity index is 501. The highest BCUT2D eigenvalue weighted by atomic mass is 16.2. The number of nitrogens with zero attached hydrogens (tertiary/aromatic N) is 1. The van der Waals surface area contributed by atoms with E-state index >= 15 is 0 Å². The minimum absolute atomic E-state index is 0.0509. The normalized spacial score (nSPS) is 21.0. The fraction of sp³-hybridized carbons (Fsp3) is 0.588. The van der Waals surface area contributed by atoms with E-state index in [1.165, 1.54) is 16.7 Å². The average Bonchev–Trinajstić information content (AvgIpc) is 2.44. The molecule has 1 unspecified atom stereocenters. The van der Waals surface area contributed by atoms with E-state index in [0.717, 1.165) is 19.6 Å². The van der Waals surface area contributed by atoms with Crippen LogP contribution in [0, 0.1) is 13.8 Å². The van der Waals surface area contributed by atoms with Crippen molar-refractivity contribution in [1.29, 1.82) is 0 Å². The lowest BCUT2D eigenvalue weighted by Gasteiger charge is -2.33. The SMILES string of the molecule is Cc1ccc(C(C)NC(=O)CN2CCNC[C@@H]2C)cc1C. The first-order chi connectivity index (χ1) is 9.97. The monoisotopic (exact) mass is 289 g/mol. The predicted octanol–water partition coefficient (Wildman–Crippen LogP) is 1.77. The quantitative estimate of drug-likeness (QED) is 0.888. The molecule has 0 radical (unpaired) electrons. The number of benzene rings is 1. The van der Waals surface area contributed by atoms with E-state index in [1.54, 1.807) is 0 Å². The van der Waals surface area contributed by atoms with Crippen LogP contribution in [0.5, 0.6) is 0 Å². The van der Waals surface area contributed by atoms with Crippen LogP contribution in [0.4, 0.5) is 0 Å². The molecule has 116 valence electrons. The molecule has 4 heteroatoms. The Morgan fingerprint density at radius 2 is 2.19 bits per heavy atom. The standard InChI is InChI=1S/C17H27N3O/c1-12-5-6-16(9-13(12)2)15(4)19-17(21)11-20-8-7-18-10-14(20)3/h5-6,9,14-15,18H,7-8,10-11H2,1-4H3,(H,19,21)/t14-,15?/m0/s1. The fourth-order valence-electron chi connectivity index (χ4n) is 2.71. The topological polar surface area (TPSA) is 44.4 Å². The second kappa shape index (κ2) is 7.05. The average molecular weight is 289 g/mol. The third-order valence-corrected chi connectivity index (χ3v) is 4.39. The van der Waals surface area contributed by atoms with Crippen LogP contribution in [0.3, 0.4) is 0 Å². The number of carbonyl (C=O) groups is 1. The van der Waals surface area contributed by atoms with Gasteiger partial charge in [0.15, 0.2) is 0 Å². The van der Waals surface area contributed by atoms with Crippen molar-refractivity contribution in [3.05, 3.63) is 34.9 Å². The van der Waals surface area contributed by atoms with Crippen LogP contribution in [-0.4, -0.2) is 43.0 Å². The molecule has 0 saturated carbocycles. The molecule has 1 aliphatic rings. The van der Waals surface area contributed by atoms with Gasteiger partial charge in [-0.15, -0.1) is 0 Å². The third-order valence-electron chi connectivity index (χ3n) is 4.39. The van der Waals surface area contributed by atoms with Crippen molar-refractivity contribution in [3.8, 4) is 0 Å². The lowest BCUT2D eigenvalue weighted by molar-refractivity contribution is -0.123. The molecular weight excluding hydrogens is 262 g/mol. The summed E-state index contributed by atoms with van der Waals surface area (Å²) in [4.78, 5) is 14.5. The summed E-state index contributed by atoms with van der Waals surface area (Å²) in [5.74, 6) is 0.106. The van der Waals surface area contributed by atoms with Crippen LogP contribution in [0.15, 0.2) is 18.2 Å². The number of amides is 1. The summed E-state index contributed by atoms with van der Waals surface area (Å²) in [5.41, 5.74) is 3.72. The molecule has 1 aromatic rings. The molecule has 1 saturated heterocycles. The summed E-state index contributed by atoms with van der Waals surface area (Å²) in [6.45, 7) is 11.8. The molecular formula is C17H27N3O. The maximum Gasteiger partial charge on any atom is 0.234 e.